The van der Waals surface area contributed by atoms with Crippen LogP contribution in [0.3, 0.4) is 0 Å². The van der Waals surface area contributed by atoms with E-state index in [0.29, 0.717) is 6.54 Å². The number of aliphatic carboxylic acids is 1. The van der Waals surface area contributed by atoms with Crippen molar-refractivity contribution in [2.24, 2.45) is 5.92 Å². The van der Waals surface area contributed by atoms with E-state index in [-0.39, 0.29) is 17.9 Å². The van der Waals surface area contributed by atoms with Crippen LogP contribution < -0.4 is 5.32 Å². The van der Waals surface area contributed by atoms with Gasteiger partial charge in [-0.25, -0.2) is 0 Å². The summed E-state index contributed by atoms with van der Waals surface area (Å²) < 4.78 is 0. The van der Waals surface area contributed by atoms with Gasteiger partial charge < -0.3 is 10.4 Å². The summed E-state index contributed by atoms with van der Waals surface area (Å²) in [6.45, 7) is 1.28. The second-order valence-electron chi connectivity index (χ2n) is 5.45. The average molecular weight is 274 g/mol. The van der Waals surface area contributed by atoms with E-state index in [1.165, 1.54) is 0 Å². The highest BCUT2D eigenvalue weighted by atomic mass is 16.4. The number of fused-ring (bicyclic) bond motifs is 1. The molecule has 3 atom stereocenters. The Bertz CT molecular complexity index is 517. The third kappa shape index (κ3) is 2.18. The summed E-state index contributed by atoms with van der Waals surface area (Å²) in [5.41, 5.74) is 0.778. The second-order valence-corrected chi connectivity index (χ2v) is 5.45. The highest BCUT2D eigenvalue weighted by Gasteiger charge is 2.45. The smallest absolute Gasteiger partial charge is 0.325 e. The quantitative estimate of drug-likeness (QED) is 0.863. The van der Waals surface area contributed by atoms with Gasteiger partial charge in [0.05, 0.1) is 5.92 Å². The van der Waals surface area contributed by atoms with Crippen LogP contribution in [0.2, 0.25) is 0 Å². The summed E-state index contributed by atoms with van der Waals surface area (Å²) in [7, 11) is 0. The van der Waals surface area contributed by atoms with Gasteiger partial charge in [0.15, 0.2) is 0 Å². The molecule has 2 N–H and O–H groups in total. The molecule has 0 aliphatic carbocycles. The van der Waals surface area contributed by atoms with Crippen LogP contribution in [-0.2, 0) is 9.59 Å². The first-order valence-electron chi connectivity index (χ1n) is 6.99. The van der Waals surface area contributed by atoms with Crippen LogP contribution in [0.5, 0.6) is 0 Å². The number of amides is 1. The lowest BCUT2D eigenvalue weighted by atomic mass is 9.89. The van der Waals surface area contributed by atoms with Gasteiger partial charge in [-0.3, -0.25) is 14.5 Å². The van der Waals surface area contributed by atoms with Crippen molar-refractivity contribution >= 4 is 11.9 Å². The molecule has 106 valence electrons. The molecule has 0 saturated carbocycles. The van der Waals surface area contributed by atoms with Gasteiger partial charge in [0.2, 0.25) is 5.91 Å². The molecule has 3 unspecified atom stereocenters. The Balaban J connectivity index is 1.92. The number of rotatable bonds is 3. The zero-order valence-corrected chi connectivity index (χ0v) is 11.2. The standard InChI is InChI=1S/C15H18N2O3/c18-14-11-7-4-8-17(12(11)9-16-14)13(15(19)20)10-5-2-1-3-6-10/h1-3,5-6,11-13H,4,7-9H2,(H,16,18)(H,19,20). The Morgan fingerprint density at radius 1 is 1.35 bits per heavy atom. The second kappa shape index (κ2) is 5.25. The first kappa shape index (κ1) is 13.1. The summed E-state index contributed by atoms with van der Waals surface area (Å²) in [6.07, 6.45) is 1.72. The average Bonchev–Trinajstić information content (AvgIpc) is 2.83. The third-order valence-corrected chi connectivity index (χ3v) is 4.32. The maximum Gasteiger partial charge on any atom is 0.325 e. The molecule has 0 spiro atoms. The van der Waals surface area contributed by atoms with Crippen LogP contribution in [0.4, 0.5) is 0 Å². The van der Waals surface area contributed by atoms with E-state index in [0.717, 1.165) is 24.9 Å². The third-order valence-electron chi connectivity index (χ3n) is 4.32. The number of piperidine rings is 1. The summed E-state index contributed by atoms with van der Waals surface area (Å²) in [5, 5.41) is 12.5. The molecular weight excluding hydrogens is 256 g/mol. The monoisotopic (exact) mass is 274 g/mol. The predicted molar refractivity (Wildman–Crippen MR) is 73.0 cm³/mol. The Morgan fingerprint density at radius 2 is 2.10 bits per heavy atom. The fourth-order valence-electron chi connectivity index (χ4n) is 3.42. The van der Waals surface area contributed by atoms with E-state index in [4.69, 9.17) is 0 Å². The fourth-order valence-corrected chi connectivity index (χ4v) is 3.42. The molecule has 1 aromatic rings. The molecule has 5 heteroatoms. The summed E-state index contributed by atoms with van der Waals surface area (Å²) in [6, 6.07) is 8.59. The summed E-state index contributed by atoms with van der Waals surface area (Å²) >= 11 is 0. The van der Waals surface area contributed by atoms with Crippen molar-refractivity contribution in [1.29, 1.82) is 0 Å². The van der Waals surface area contributed by atoms with Gasteiger partial charge in [-0.1, -0.05) is 30.3 Å². The van der Waals surface area contributed by atoms with Crippen molar-refractivity contribution in [2.45, 2.75) is 24.9 Å². The van der Waals surface area contributed by atoms with Crippen molar-refractivity contribution in [2.75, 3.05) is 13.1 Å². The van der Waals surface area contributed by atoms with Crippen LogP contribution in [-0.4, -0.2) is 41.0 Å². The zero-order chi connectivity index (χ0) is 14.1. The maximum atomic E-state index is 11.8. The lowest BCUT2D eigenvalue weighted by Crippen LogP contribution is -2.49. The molecule has 3 rings (SSSR count). The number of carbonyl (C=O) groups excluding carboxylic acids is 1. The molecule has 1 amide bonds. The number of carbonyl (C=O) groups is 2. The van der Waals surface area contributed by atoms with E-state index in [2.05, 4.69) is 5.32 Å². The molecule has 1 aromatic carbocycles. The number of likely N-dealkylation sites (tertiary alicyclic amines) is 1. The van der Waals surface area contributed by atoms with Crippen LogP contribution in [0.15, 0.2) is 30.3 Å². The zero-order valence-electron chi connectivity index (χ0n) is 11.2. The van der Waals surface area contributed by atoms with Crippen molar-refractivity contribution in [3.63, 3.8) is 0 Å². The molecule has 2 aliphatic rings. The molecule has 0 aromatic heterocycles. The lowest BCUT2D eigenvalue weighted by Gasteiger charge is -2.39. The van der Waals surface area contributed by atoms with Crippen molar-refractivity contribution in [1.82, 2.24) is 10.2 Å². The van der Waals surface area contributed by atoms with Gasteiger partial charge in [-0.15, -0.1) is 0 Å². The summed E-state index contributed by atoms with van der Waals surface area (Å²) in [5.74, 6) is -0.845. The molecular formula is C15H18N2O3. The molecule has 5 nitrogen and oxygen atoms in total. The topological polar surface area (TPSA) is 69.6 Å². The van der Waals surface area contributed by atoms with Gasteiger partial charge in [-0.05, 0) is 24.9 Å². The first-order chi connectivity index (χ1) is 9.68. The minimum atomic E-state index is -0.851. The van der Waals surface area contributed by atoms with Gasteiger partial charge >= 0.3 is 5.97 Å². The van der Waals surface area contributed by atoms with E-state index >= 15 is 0 Å². The number of hydrogen-bond donors (Lipinski definition) is 2. The highest BCUT2D eigenvalue weighted by molar-refractivity contribution is 5.82. The molecule has 2 saturated heterocycles. The lowest BCUT2D eigenvalue weighted by molar-refractivity contribution is -0.146. The molecule has 20 heavy (non-hydrogen) atoms. The van der Waals surface area contributed by atoms with Crippen molar-refractivity contribution in [3.8, 4) is 0 Å². The molecule has 2 fully saturated rings. The number of hydrogen-bond acceptors (Lipinski definition) is 3. The Kier molecular flexibility index (Phi) is 3.44. The number of carboxylic acids is 1. The minimum Gasteiger partial charge on any atom is -0.480 e. The SMILES string of the molecule is O=C1NCC2C1CCCN2C(C(=O)O)c1ccccc1. The van der Waals surface area contributed by atoms with Crippen molar-refractivity contribution in [3.05, 3.63) is 35.9 Å². The molecule has 2 heterocycles. The highest BCUT2D eigenvalue weighted by Crippen LogP contribution is 2.34. The summed E-state index contributed by atoms with van der Waals surface area (Å²) in [4.78, 5) is 25.5. The van der Waals surface area contributed by atoms with E-state index in [9.17, 15) is 14.7 Å². The van der Waals surface area contributed by atoms with E-state index < -0.39 is 12.0 Å². The first-order valence-corrected chi connectivity index (χ1v) is 6.99. The number of benzene rings is 1. The van der Waals surface area contributed by atoms with E-state index in [1.54, 1.807) is 0 Å². The Labute approximate surface area is 117 Å². The van der Waals surface area contributed by atoms with Crippen LogP contribution in [0.25, 0.3) is 0 Å². The largest absolute Gasteiger partial charge is 0.480 e. The van der Waals surface area contributed by atoms with E-state index in [1.807, 2.05) is 35.2 Å². The van der Waals surface area contributed by atoms with Crippen LogP contribution in [0.1, 0.15) is 24.4 Å². The van der Waals surface area contributed by atoms with Crippen LogP contribution in [0, 0.1) is 5.92 Å². The Hall–Kier alpha value is -1.88. The minimum absolute atomic E-state index is 0.00226. The van der Waals surface area contributed by atoms with Crippen molar-refractivity contribution < 1.29 is 14.7 Å². The fraction of sp³-hybridized carbons (Fsp3) is 0.467. The Morgan fingerprint density at radius 3 is 2.80 bits per heavy atom. The van der Waals surface area contributed by atoms with Gasteiger partial charge in [0, 0.05) is 12.6 Å². The molecule has 0 bridgehead atoms. The van der Waals surface area contributed by atoms with Crippen LogP contribution >= 0.6 is 0 Å². The number of carboxylic acid groups (broad SMARTS) is 1. The van der Waals surface area contributed by atoms with Gasteiger partial charge in [-0.2, -0.15) is 0 Å². The van der Waals surface area contributed by atoms with Gasteiger partial charge in [0.1, 0.15) is 6.04 Å². The molecule has 0 radical (unpaired) electrons. The number of nitrogens with one attached hydrogen (secondary N) is 1. The predicted octanol–water partition coefficient (Wildman–Crippen LogP) is 1.02. The van der Waals surface area contributed by atoms with Gasteiger partial charge in [0.25, 0.3) is 0 Å². The molecule has 2 aliphatic heterocycles. The normalized spacial score (nSPS) is 27.7. The maximum absolute atomic E-state index is 11.8. The number of nitrogens with zero attached hydrogens (tertiary/aromatic N) is 1.